The molecule has 0 unspecified atom stereocenters. The van der Waals surface area contributed by atoms with Gasteiger partial charge in [0.15, 0.2) is 0 Å². The van der Waals surface area contributed by atoms with E-state index in [0.717, 1.165) is 12.1 Å². The van der Waals surface area contributed by atoms with Gasteiger partial charge in [0, 0.05) is 31.5 Å². The highest BCUT2D eigenvalue weighted by atomic mass is 127. The van der Waals surface area contributed by atoms with E-state index < -0.39 is 28.2 Å². The van der Waals surface area contributed by atoms with Gasteiger partial charge in [-0.25, -0.2) is 9.59 Å². The summed E-state index contributed by atoms with van der Waals surface area (Å²) in [4.78, 5) is 33.9. The summed E-state index contributed by atoms with van der Waals surface area (Å²) in [6, 6.07) is 2.21. The summed E-state index contributed by atoms with van der Waals surface area (Å²) in [7, 11) is 0. The summed E-state index contributed by atoms with van der Waals surface area (Å²) in [5.74, 6) is -3.53. The molecule has 1 saturated heterocycles. The van der Waals surface area contributed by atoms with E-state index in [4.69, 9.17) is 9.47 Å². The average molecular weight is 419 g/mol. The van der Waals surface area contributed by atoms with Crippen LogP contribution in [0.2, 0.25) is 0 Å². The summed E-state index contributed by atoms with van der Waals surface area (Å²) < 4.78 is 10.0. The molecule has 2 rings (SSSR count). The first-order chi connectivity index (χ1) is 10.1. The second-order valence-corrected chi connectivity index (χ2v) is 6.02. The first-order valence-corrected chi connectivity index (χ1v) is 7.04. The average Bonchev–Trinajstić information content (AvgIpc) is 2.36. The molecule has 8 nitrogen and oxygen atoms in total. The smallest absolute Gasteiger partial charge is 0.348 e. The molecule has 1 fully saturated rings. The van der Waals surface area contributed by atoms with Crippen molar-refractivity contribution in [2.75, 3.05) is 0 Å². The van der Waals surface area contributed by atoms with Crippen molar-refractivity contribution < 1.29 is 29.1 Å². The Morgan fingerprint density at radius 1 is 1.27 bits per heavy atom. The monoisotopic (exact) mass is 419 g/mol. The molecule has 0 amide bonds. The lowest BCUT2D eigenvalue weighted by molar-refractivity contribution is -0.385. The van der Waals surface area contributed by atoms with E-state index in [0.29, 0.717) is 0 Å². The highest BCUT2D eigenvalue weighted by Crippen LogP contribution is 2.32. The zero-order valence-electron chi connectivity index (χ0n) is 11.5. The predicted molar refractivity (Wildman–Crippen MR) is 81.7 cm³/mol. The van der Waals surface area contributed by atoms with Crippen LogP contribution in [0.15, 0.2) is 17.7 Å². The molecule has 1 aromatic rings. The number of halogens is 1. The molecule has 0 radical (unpaired) electrons. The summed E-state index contributed by atoms with van der Waals surface area (Å²) >= 11 is 1.70. The number of esters is 2. The molecular weight excluding hydrogens is 409 g/mol. The van der Waals surface area contributed by atoms with E-state index in [2.05, 4.69) is 0 Å². The van der Waals surface area contributed by atoms with Gasteiger partial charge < -0.3 is 14.6 Å². The first kappa shape index (κ1) is 16.2. The number of hydrogen-bond donors (Lipinski definition) is 1. The molecule has 0 spiro atoms. The van der Waals surface area contributed by atoms with Gasteiger partial charge in [-0.15, -0.1) is 0 Å². The van der Waals surface area contributed by atoms with E-state index in [9.17, 15) is 24.8 Å². The van der Waals surface area contributed by atoms with Crippen molar-refractivity contribution in [2.45, 2.75) is 19.6 Å². The van der Waals surface area contributed by atoms with Crippen LogP contribution in [-0.4, -0.2) is 27.8 Å². The third-order valence-electron chi connectivity index (χ3n) is 2.71. The topological polar surface area (TPSA) is 116 Å². The van der Waals surface area contributed by atoms with Crippen molar-refractivity contribution in [3.63, 3.8) is 0 Å². The van der Waals surface area contributed by atoms with Crippen LogP contribution in [0, 0.1) is 13.7 Å². The van der Waals surface area contributed by atoms with Crippen molar-refractivity contribution in [2.24, 2.45) is 0 Å². The van der Waals surface area contributed by atoms with Gasteiger partial charge in [0.25, 0.3) is 11.5 Å². The third-order valence-corrected chi connectivity index (χ3v) is 3.53. The summed E-state index contributed by atoms with van der Waals surface area (Å²) in [5.41, 5.74) is -0.792. The molecule has 1 N–H and O–H groups in total. The van der Waals surface area contributed by atoms with Gasteiger partial charge in [0.2, 0.25) is 0 Å². The minimum absolute atomic E-state index is 0.0535. The fourth-order valence-corrected chi connectivity index (χ4v) is 2.39. The minimum atomic E-state index is -1.38. The predicted octanol–water partition coefficient (Wildman–Crippen LogP) is 2.12. The Morgan fingerprint density at radius 3 is 2.32 bits per heavy atom. The highest BCUT2D eigenvalue weighted by Gasteiger charge is 2.39. The standard InChI is InChI=1S/C13H10INO7/c1-13(2)21-11(17)8(12(18)22-13)4-6-3-7(15(19)20)5-9(14)10(6)16/h3-5,16H,1-2H3. The molecule has 116 valence electrons. The molecular formula is C13H10INO7. The molecule has 22 heavy (non-hydrogen) atoms. The van der Waals surface area contributed by atoms with Gasteiger partial charge in [-0.05, 0) is 28.7 Å². The molecule has 9 heteroatoms. The molecule has 0 bridgehead atoms. The van der Waals surface area contributed by atoms with Crippen molar-refractivity contribution in [1.82, 2.24) is 0 Å². The number of carbonyl (C=O) groups is 2. The second-order valence-electron chi connectivity index (χ2n) is 4.86. The van der Waals surface area contributed by atoms with Gasteiger partial charge in [-0.1, -0.05) is 0 Å². The zero-order chi connectivity index (χ0) is 16.7. The fourth-order valence-electron chi connectivity index (χ4n) is 1.75. The van der Waals surface area contributed by atoms with Crippen molar-refractivity contribution in [3.05, 3.63) is 37.0 Å². The van der Waals surface area contributed by atoms with Gasteiger partial charge in [0.05, 0.1) is 8.49 Å². The number of cyclic esters (lactones) is 2. The van der Waals surface area contributed by atoms with Crippen LogP contribution in [0.1, 0.15) is 19.4 Å². The van der Waals surface area contributed by atoms with Crippen LogP contribution in [0.25, 0.3) is 6.08 Å². The lowest BCUT2D eigenvalue weighted by atomic mass is 10.1. The maximum atomic E-state index is 11.8. The largest absolute Gasteiger partial charge is 0.506 e. The molecule has 1 heterocycles. The molecule has 0 aliphatic carbocycles. The fraction of sp³-hybridized carbons (Fsp3) is 0.231. The van der Waals surface area contributed by atoms with Gasteiger partial charge >= 0.3 is 11.9 Å². The maximum absolute atomic E-state index is 11.8. The Balaban J connectivity index is 2.51. The number of nitro groups is 1. The van der Waals surface area contributed by atoms with Crippen LogP contribution in [0.3, 0.4) is 0 Å². The number of aromatic hydroxyl groups is 1. The SMILES string of the molecule is CC1(C)OC(=O)C(=Cc2cc([N+](=O)[O-])cc(I)c2O)C(=O)O1. The third kappa shape index (κ3) is 3.18. The number of phenols is 1. The lowest BCUT2D eigenvalue weighted by Gasteiger charge is -2.29. The lowest BCUT2D eigenvalue weighted by Crippen LogP contribution is -2.41. The van der Waals surface area contributed by atoms with E-state index in [1.807, 2.05) is 0 Å². The first-order valence-electron chi connectivity index (χ1n) is 5.96. The van der Waals surface area contributed by atoms with E-state index in [1.165, 1.54) is 19.9 Å². The van der Waals surface area contributed by atoms with Crippen molar-refractivity contribution >= 4 is 46.3 Å². The quantitative estimate of drug-likeness (QED) is 0.195. The van der Waals surface area contributed by atoms with E-state index in [-0.39, 0.29) is 20.6 Å². The van der Waals surface area contributed by atoms with Crippen LogP contribution >= 0.6 is 22.6 Å². The van der Waals surface area contributed by atoms with Crippen molar-refractivity contribution in [1.29, 1.82) is 0 Å². The van der Waals surface area contributed by atoms with E-state index in [1.54, 1.807) is 22.6 Å². The number of benzene rings is 1. The van der Waals surface area contributed by atoms with E-state index >= 15 is 0 Å². The van der Waals surface area contributed by atoms with Gasteiger partial charge in [-0.2, -0.15) is 0 Å². The molecule has 1 aromatic carbocycles. The van der Waals surface area contributed by atoms with Crippen LogP contribution in [0.5, 0.6) is 5.75 Å². The molecule has 0 saturated carbocycles. The van der Waals surface area contributed by atoms with Crippen molar-refractivity contribution in [3.8, 4) is 5.75 Å². The van der Waals surface area contributed by atoms with Crippen LogP contribution in [0.4, 0.5) is 5.69 Å². The number of carbonyl (C=O) groups excluding carboxylic acids is 2. The molecule has 1 aliphatic rings. The Bertz CT molecular complexity index is 701. The Morgan fingerprint density at radius 2 is 1.82 bits per heavy atom. The van der Waals surface area contributed by atoms with Crippen LogP contribution < -0.4 is 0 Å². The molecule has 1 aliphatic heterocycles. The number of non-ortho nitro benzene ring substituents is 1. The van der Waals surface area contributed by atoms with Crippen LogP contribution in [-0.2, 0) is 19.1 Å². The number of rotatable bonds is 2. The molecule has 0 atom stereocenters. The Labute approximate surface area is 138 Å². The van der Waals surface area contributed by atoms with Gasteiger partial charge in [0.1, 0.15) is 11.3 Å². The summed E-state index contributed by atoms with van der Waals surface area (Å²) in [5, 5.41) is 20.8. The highest BCUT2D eigenvalue weighted by molar-refractivity contribution is 14.1. The normalized spacial score (nSPS) is 16.8. The molecule has 0 aromatic heterocycles. The minimum Gasteiger partial charge on any atom is -0.506 e. The summed E-state index contributed by atoms with van der Waals surface area (Å²) in [6.07, 6.45) is 1.00. The van der Waals surface area contributed by atoms with Gasteiger partial charge in [-0.3, -0.25) is 10.1 Å². The summed E-state index contributed by atoms with van der Waals surface area (Å²) in [6.45, 7) is 2.79. The second kappa shape index (κ2) is 5.55. The number of nitrogens with zero attached hydrogens (tertiary/aromatic N) is 1. The number of nitro benzene ring substituents is 1. The Hall–Kier alpha value is -2.17. The maximum Gasteiger partial charge on any atom is 0.348 e. The Kier molecular flexibility index (Phi) is 4.09. The number of hydrogen-bond acceptors (Lipinski definition) is 7. The number of ether oxygens (including phenoxy) is 2. The zero-order valence-corrected chi connectivity index (χ0v) is 13.6. The number of phenolic OH excluding ortho intramolecular Hbond substituents is 1.